The van der Waals surface area contributed by atoms with Gasteiger partial charge in [0.05, 0.1) is 18.7 Å². The highest BCUT2D eigenvalue weighted by molar-refractivity contribution is 7.13. The van der Waals surface area contributed by atoms with E-state index < -0.39 is 0 Å². The van der Waals surface area contributed by atoms with Crippen molar-refractivity contribution >= 4 is 23.1 Å². The predicted molar refractivity (Wildman–Crippen MR) is 89.5 cm³/mol. The Hall–Kier alpha value is -2.87. The summed E-state index contributed by atoms with van der Waals surface area (Å²) < 4.78 is 13.3. The van der Waals surface area contributed by atoms with Gasteiger partial charge in [-0.25, -0.2) is 19.3 Å². The van der Waals surface area contributed by atoms with Gasteiger partial charge in [0.2, 0.25) is 5.91 Å². The second-order valence-corrected chi connectivity index (χ2v) is 5.86. The molecule has 3 rings (SSSR count). The molecule has 3 aromatic rings. The molecule has 0 saturated carbocycles. The molecule has 3 N–H and O–H groups in total. The second-order valence-electron chi connectivity index (χ2n) is 5.01. The number of amides is 1. The van der Waals surface area contributed by atoms with Gasteiger partial charge < -0.3 is 11.1 Å². The second kappa shape index (κ2) is 7.14. The van der Waals surface area contributed by atoms with Gasteiger partial charge in [-0.15, -0.1) is 11.3 Å². The quantitative estimate of drug-likeness (QED) is 0.740. The molecule has 2 aromatic heterocycles. The molecule has 0 unspecified atom stereocenters. The van der Waals surface area contributed by atoms with Crippen molar-refractivity contribution in [2.45, 2.75) is 13.0 Å². The molecule has 0 bridgehead atoms. The van der Waals surface area contributed by atoms with Crippen molar-refractivity contribution in [3.8, 4) is 10.6 Å². The Kier molecular flexibility index (Phi) is 4.76. The number of halogens is 1. The van der Waals surface area contributed by atoms with Crippen LogP contribution in [0.5, 0.6) is 0 Å². The molecule has 2 heterocycles. The van der Waals surface area contributed by atoms with Crippen LogP contribution in [0, 0.1) is 5.82 Å². The Labute approximate surface area is 141 Å². The SMILES string of the molecule is Nc1ccnc(CNC(=O)Cc2csc(-c3cccc(F)c3)n2)n1. The summed E-state index contributed by atoms with van der Waals surface area (Å²) in [4.78, 5) is 24.4. The lowest BCUT2D eigenvalue weighted by atomic mass is 10.2. The van der Waals surface area contributed by atoms with Gasteiger partial charge in [-0.1, -0.05) is 12.1 Å². The highest BCUT2D eigenvalue weighted by Gasteiger charge is 2.10. The number of aromatic nitrogens is 3. The summed E-state index contributed by atoms with van der Waals surface area (Å²) in [7, 11) is 0. The van der Waals surface area contributed by atoms with Gasteiger partial charge in [-0.2, -0.15) is 0 Å². The van der Waals surface area contributed by atoms with Crippen molar-refractivity contribution in [1.29, 1.82) is 0 Å². The van der Waals surface area contributed by atoms with Crippen molar-refractivity contribution in [1.82, 2.24) is 20.3 Å². The van der Waals surface area contributed by atoms with Crippen molar-refractivity contribution in [3.63, 3.8) is 0 Å². The van der Waals surface area contributed by atoms with E-state index in [0.717, 1.165) is 0 Å². The van der Waals surface area contributed by atoms with Crippen LogP contribution in [0.15, 0.2) is 41.9 Å². The molecule has 0 aliphatic rings. The van der Waals surface area contributed by atoms with Crippen LogP contribution in [0.25, 0.3) is 10.6 Å². The number of nitrogens with two attached hydrogens (primary N) is 1. The van der Waals surface area contributed by atoms with Crippen LogP contribution in [0.1, 0.15) is 11.5 Å². The summed E-state index contributed by atoms with van der Waals surface area (Å²) in [5, 5.41) is 5.18. The average Bonchev–Trinajstić information content (AvgIpc) is 3.01. The third kappa shape index (κ3) is 4.11. The Balaban J connectivity index is 1.59. The molecule has 1 amide bonds. The largest absolute Gasteiger partial charge is 0.384 e. The minimum atomic E-state index is -0.316. The summed E-state index contributed by atoms with van der Waals surface area (Å²) in [6.45, 7) is 0.199. The van der Waals surface area contributed by atoms with Crippen molar-refractivity contribution < 1.29 is 9.18 Å². The highest BCUT2D eigenvalue weighted by Crippen LogP contribution is 2.24. The molecule has 1 aromatic carbocycles. The predicted octanol–water partition coefficient (Wildman–Crippen LogP) is 2.18. The molecule has 24 heavy (non-hydrogen) atoms. The third-order valence-electron chi connectivity index (χ3n) is 3.14. The summed E-state index contributed by atoms with van der Waals surface area (Å²) in [5.41, 5.74) is 6.88. The zero-order valence-corrected chi connectivity index (χ0v) is 13.4. The van der Waals surface area contributed by atoms with E-state index in [2.05, 4.69) is 20.3 Å². The zero-order valence-electron chi connectivity index (χ0n) is 12.6. The van der Waals surface area contributed by atoms with Gasteiger partial charge in [0, 0.05) is 17.1 Å². The molecular weight excluding hydrogens is 329 g/mol. The molecule has 0 fully saturated rings. The number of anilines is 1. The van der Waals surface area contributed by atoms with Gasteiger partial charge in [0.1, 0.15) is 22.5 Å². The number of nitrogens with one attached hydrogen (secondary N) is 1. The van der Waals surface area contributed by atoms with Crippen LogP contribution in [-0.2, 0) is 17.8 Å². The number of hydrogen-bond donors (Lipinski definition) is 2. The van der Waals surface area contributed by atoms with E-state index in [0.29, 0.717) is 27.9 Å². The Bertz CT molecular complexity index is 867. The van der Waals surface area contributed by atoms with Crippen LogP contribution in [-0.4, -0.2) is 20.9 Å². The van der Waals surface area contributed by atoms with Gasteiger partial charge >= 0.3 is 0 Å². The fourth-order valence-corrected chi connectivity index (χ4v) is 2.86. The molecule has 6 nitrogen and oxygen atoms in total. The number of hydrogen-bond acceptors (Lipinski definition) is 6. The first kappa shape index (κ1) is 16.0. The summed E-state index contributed by atoms with van der Waals surface area (Å²) in [6.07, 6.45) is 1.67. The molecule has 0 atom stereocenters. The van der Waals surface area contributed by atoms with Crippen molar-refractivity contribution in [2.75, 3.05) is 5.73 Å². The van der Waals surface area contributed by atoms with E-state index in [1.165, 1.54) is 29.7 Å². The number of carbonyl (C=O) groups is 1. The lowest BCUT2D eigenvalue weighted by molar-refractivity contribution is -0.120. The first-order chi connectivity index (χ1) is 11.6. The molecule has 0 radical (unpaired) electrons. The smallest absolute Gasteiger partial charge is 0.226 e. The van der Waals surface area contributed by atoms with Crippen LogP contribution in [0.3, 0.4) is 0 Å². The highest BCUT2D eigenvalue weighted by atomic mass is 32.1. The maximum absolute atomic E-state index is 13.3. The van der Waals surface area contributed by atoms with E-state index in [4.69, 9.17) is 5.73 Å². The maximum atomic E-state index is 13.3. The van der Waals surface area contributed by atoms with Crippen LogP contribution in [0.2, 0.25) is 0 Å². The molecule has 122 valence electrons. The number of carbonyl (C=O) groups excluding carboxylic acids is 1. The van der Waals surface area contributed by atoms with Gasteiger partial charge in [-0.3, -0.25) is 4.79 Å². The van der Waals surface area contributed by atoms with Crippen molar-refractivity contribution in [3.05, 3.63) is 59.2 Å². The van der Waals surface area contributed by atoms with Crippen molar-refractivity contribution in [2.24, 2.45) is 0 Å². The Morgan fingerprint density at radius 2 is 2.17 bits per heavy atom. The van der Waals surface area contributed by atoms with E-state index in [9.17, 15) is 9.18 Å². The first-order valence-electron chi connectivity index (χ1n) is 7.14. The van der Waals surface area contributed by atoms with Crippen LogP contribution in [0.4, 0.5) is 10.2 Å². The Morgan fingerprint density at radius 1 is 1.29 bits per heavy atom. The number of benzene rings is 1. The van der Waals surface area contributed by atoms with E-state index in [-0.39, 0.29) is 24.7 Å². The van der Waals surface area contributed by atoms with E-state index in [1.807, 2.05) is 0 Å². The molecule has 0 saturated heterocycles. The molecule has 8 heteroatoms. The topological polar surface area (TPSA) is 93.8 Å². The van der Waals surface area contributed by atoms with E-state index in [1.54, 1.807) is 23.6 Å². The number of rotatable bonds is 5. The average molecular weight is 343 g/mol. The standard InChI is InChI=1S/C16H14FN5OS/c17-11-3-1-2-10(6-11)16-21-12(9-24-16)7-15(23)20-8-14-19-5-4-13(18)22-14/h1-6,9H,7-8H2,(H,20,23)(H2,18,19,22). The first-order valence-corrected chi connectivity index (χ1v) is 8.02. The number of nitrogens with zero attached hydrogens (tertiary/aromatic N) is 3. The third-order valence-corrected chi connectivity index (χ3v) is 4.08. The van der Waals surface area contributed by atoms with Gasteiger partial charge in [-0.05, 0) is 18.2 Å². The minimum absolute atomic E-state index is 0.133. The fourth-order valence-electron chi connectivity index (χ4n) is 2.05. The van der Waals surface area contributed by atoms with Gasteiger partial charge in [0.15, 0.2) is 0 Å². The molecule has 0 aliphatic heterocycles. The van der Waals surface area contributed by atoms with Gasteiger partial charge in [0.25, 0.3) is 0 Å². The van der Waals surface area contributed by atoms with E-state index >= 15 is 0 Å². The summed E-state index contributed by atoms with van der Waals surface area (Å²) >= 11 is 1.37. The maximum Gasteiger partial charge on any atom is 0.226 e. The molecular formula is C16H14FN5OS. The number of thiazole rings is 1. The molecule has 0 spiro atoms. The summed E-state index contributed by atoms with van der Waals surface area (Å²) in [5.74, 6) is 0.289. The summed E-state index contributed by atoms with van der Waals surface area (Å²) in [6, 6.07) is 7.78. The zero-order chi connectivity index (χ0) is 16.9. The lowest BCUT2D eigenvalue weighted by Gasteiger charge is -2.03. The number of nitrogen functional groups attached to an aromatic ring is 1. The fraction of sp³-hybridized carbons (Fsp3) is 0.125. The lowest BCUT2D eigenvalue weighted by Crippen LogP contribution is -2.25. The Morgan fingerprint density at radius 3 is 2.96 bits per heavy atom. The van der Waals surface area contributed by atoms with Crippen LogP contribution >= 0.6 is 11.3 Å². The molecule has 0 aliphatic carbocycles. The monoisotopic (exact) mass is 343 g/mol. The van der Waals surface area contributed by atoms with Crippen LogP contribution < -0.4 is 11.1 Å². The minimum Gasteiger partial charge on any atom is -0.384 e. The normalized spacial score (nSPS) is 10.5.